The van der Waals surface area contributed by atoms with Crippen molar-refractivity contribution in [2.75, 3.05) is 18.6 Å². The first-order valence-corrected chi connectivity index (χ1v) is 8.68. The van der Waals surface area contributed by atoms with Crippen LogP contribution in [0.25, 0.3) is 0 Å². The molecule has 144 valence electrons. The summed E-state index contributed by atoms with van der Waals surface area (Å²) in [5, 5.41) is 9.22. The molecule has 0 fully saturated rings. The van der Waals surface area contributed by atoms with Crippen LogP contribution in [0.2, 0.25) is 0 Å². The molecule has 8 heteroatoms. The highest BCUT2D eigenvalue weighted by Gasteiger charge is 2.36. The Morgan fingerprint density at radius 1 is 1.19 bits per heavy atom. The standard InChI is InChI=1S/C19H21F3N4O/c1-3-4-5-8-11-27-17-15(19(20,21)22)13-24-18(25-17)26(2)16-10-7-6-9-14(16)12-23/h6-7,9-10,13H,3-5,8,11H2,1-2H3. The van der Waals surface area contributed by atoms with E-state index >= 15 is 0 Å². The number of aromatic nitrogens is 2. The molecule has 0 spiro atoms. The van der Waals surface area contributed by atoms with Gasteiger partial charge in [-0.2, -0.15) is 23.4 Å². The molecular formula is C19H21F3N4O. The Hall–Kier alpha value is -2.82. The third-order valence-electron chi connectivity index (χ3n) is 3.97. The van der Waals surface area contributed by atoms with Crippen LogP contribution in [0.3, 0.4) is 0 Å². The predicted molar refractivity (Wildman–Crippen MR) is 95.9 cm³/mol. The SMILES string of the molecule is CCCCCCOc1nc(N(C)c2ccccc2C#N)ncc1C(F)(F)F. The van der Waals surface area contributed by atoms with Crippen LogP contribution in [0.15, 0.2) is 30.5 Å². The van der Waals surface area contributed by atoms with Gasteiger partial charge in [0.2, 0.25) is 11.8 Å². The Bertz CT molecular complexity index is 802. The zero-order valence-corrected chi connectivity index (χ0v) is 15.3. The van der Waals surface area contributed by atoms with Crippen molar-refractivity contribution < 1.29 is 17.9 Å². The molecule has 1 heterocycles. The summed E-state index contributed by atoms with van der Waals surface area (Å²) >= 11 is 0. The summed E-state index contributed by atoms with van der Waals surface area (Å²) in [5.41, 5.74) is -0.150. The number of halogens is 3. The van der Waals surface area contributed by atoms with Crippen molar-refractivity contribution in [3.8, 4) is 11.9 Å². The van der Waals surface area contributed by atoms with Crippen LogP contribution in [0.4, 0.5) is 24.8 Å². The number of nitriles is 1. The van der Waals surface area contributed by atoms with Gasteiger partial charge in [0, 0.05) is 13.2 Å². The van der Waals surface area contributed by atoms with E-state index in [1.165, 1.54) is 4.90 Å². The molecule has 27 heavy (non-hydrogen) atoms. The van der Waals surface area contributed by atoms with Gasteiger partial charge < -0.3 is 9.64 Å². The Morgan fingerprint density at radius 2 is 1.93 bits per heavy atom. The number of nitrogens with zero attached hydrogens (tertiary/aromatic N) is 4. The fourth-order valence-electron chi connectivity index (χ4n) is 2.49. The topological polar surface area (TPSA) is 62.0 Å². The number of alkyl halides is 3. The molecule has 0 radical (unpaired) electrons. The van der Waals surface area contributed by atoms with E-state index in [1.54, 1.807) is 31.3 Å². The average molecular weight is 378 g/mol. The van der Waals surface area contributed by atoms with Gasteiger partial charge in [0.1, 0.15) is 11.6 Å². The number of rotatable bonds is 8. The van der Waals surface area contributed by atoms with Crippen LogP contribution in [-0.4, -0.2) is 23.6 Å². The van der Waals surface area contributed by atoms with Gasteiger partial charge in [0.25, 0.3) is 0 Å². The van der Waals surface area contributed by atoms with E-state index in [4.69, 9.17) is 4.74 Å². The summed E-state index contributed by atoms with van der Waals surface area (Å²) in [6, 6.07) is 8.75. The molecule has 2 aromatic rings. The van der Waals surface area contributed by atoms with Gasteiger partial charge in [0.15, 0.2) is 0 Å². The lowest BCUT2D eigenvalue weighted by Gasteiger charge is -2.20. The lowest BCUT2D eigenvalue weighted by Crippen LogP contribution is -2.18. The second kappa shape index (κ2) is 9.21. The predicted octanol–water partition coefficient (Wildman–Crippen LogP) is 5.09. The maximum atomic E-state index is 13.2. The van der Waals surface area contributed by atoms with E-state index in [9.17, 15) is 18.4 Å². The lowest BCUT2D eigenvalue weighted by atomic mass is 10.2. The van der Waals surface area contributed by atoms with Crippen molar-refractivity contribution in [3.05, 3.63) is 41.6 Å². The number of hydrogen-bond donors (Lipinski definition) is 0. The highest BCUT2D eigenvalue weighted by Crippen LogP contribution is 2.36. The highest BCUT2D eigenvalue weighted by atomic mass is 19.4. The zero-order chi connectivity index (χ0) is 19.9. The molecule has 0 aliphatic carbocycles. The third kappa shape index (κ3) is 5.33. The minimum absolute atomic E-state index is 0.0225. The summed E-state index contributed by atoms with van der Waals surface area (Å²) in [7, 11) is 1.59. The van der Waals surface area contributed by atoms with Crippen molar-refractivity contribution in [2.45, 2.75) is 38.8 Å². The molecule has 0 amide bonds. The quantitative estimate of drug-likeness (QED) is 0.599. The van der Waals surface area contributed by atoms with Gasteiger partial charge in [-0.1, -0.05) is 38.3 Å². The second-order valence-electron chi connectivity index (χ2n) is 5.98. The first kappa shape index (κ1) is 20.5. The molecule has 2 rings (SSSR count). The lowest BCUT2D eigenvalue weighted by molar-refractivity contribution is -0.139. The number of benzene rings is 1. The molecule has 0 aliphatic heterocycles. The van der Waals surface area contributed by atoms with E-state index < -0.39 is 17.6 Å². The molecule has 0 aliphatic rings. The van der Waals surface area contributed by atoms with Crippen LogP contribution in [0, 0.1) is 11.3 Å². The van der Waals surface area contributed by atoms with Crippen LogP contribution >= 0.6 is 0 Å². The van der Waals surface area contributed by atoms with E-state index in [-0.39, 0.29) is 12.6 Å². The molecular weight excluding hydrogens is 357 g/mol. The maximum absolute atomic E-state index is 13.2. The number of anilines is 2. The van der Waals surface area contributed by atoms with Gasteiger partial charge in [0.05, 0.1) is 17.9 Å². The molecule has 1 aromatic carbocycles. The fourth-order valence-corrected chi connectivity index (χ4v) is 2.49. The van der Waals surface area contributed by atoms with Crippen molar-refractivity contribution >= 4 is 11.6 Å². The highest BCUT2D eigenvalue weighted by molar-refractivity contribution is 5.65. The first-order valence-electron chi connectivity index (χ1n) is 8.68. The van der Waals surface area contributed by atoms with E-state index in [1.807, 2.05) is 13.0 Å². The van der Waals surface area contributed by atoms with Crippen molar-refractivity contribution in [1.82, 2.24) is 9.97 Å². The summed E-state index contributed by atoms with van der Waals surface area (Å²) in [6.45, 7) is 2.20. The largest absolute Gasteiger partial charge is 0.477 e. The molecule has 0 bridgehead atoms. The van der Waals surface area contributed by atoms with Crippen LogP contribution in [-0.2, 0) is 6.18 Å². The molecule has 0 atom stereocenters. The van der Waals surface area contributed by atoms with Gasteiger partial charge in [-0.05, 0) is 18.6 Å². The summed E-state index contributed by atoms with van der Waals surface area (Å²) in [5.74, 6) is -0.473. The number of para-hydroxylation sites is 1. The van der Waals surface area contributed by atoms with Crippen LogP contribution < -0.4 is 9.64 Å². The molecule has 0 N–H and O–H groups in total. The van der Waals surface area contributed by atoms with Crippen LogP contribution in [0.1, 0.15) is 43.7 Å². The Balaban J connectivity index is 2.30. The maximum Gasteiger partial charge on any atom is 0.423 e. The van der Waals surface area contributed by atoms with E-state index in [2.05, 4.69) is 9.97 Å². The van der Waals surface area contributed by atoms with Gasteiger partial charge in [-0.3, -0.25) is 0 Å². The summed E-state index contributed by atoms with van der Waals surface area (Å²) in [4.78, 5) is 9.25. The number of hydrogen-bond acceptors (Lipinski definition) is 5. The molecule has 0 saturated heterocycles. The minimum Gasteiger partial charge on any atom is -0.477 e. The molecule has 0 unspecified atom stereocenters. The van der Waals surface area contributed by atoms with Crippen molar-refractivity contribution in [3.63, 3.8) is 0 Å². The summed E-state index contributed by atoms with van der Waals surface area (Å²) < 4.78 is 45.0. The van der Waals surface area contributed by atoms with Crippen molar-refractivity contribution in [2.24, 2.45) is 0 Å². The Kier molecular flexibility index (Phi) is 6.99. The smallest absolute Gasteiger partial charge is 0.423 e. The van der Waals surface area contributed by atoms with Gasteiger partial charge in [-0.15, -0.1) is 0 Å². The van der Waals surface area contributed by atoms with Crippen LogP contribution in [0.5, 0.6) is 5.88 Å². The number of unbranched alkanes of at least 4 members (excludes halogenated alkanes) is 3. The Labute approximate surface area is 156 Å². The Morgan fingerprint density at radius 3 is 2.59 bits per heavy atom. The van der Waals surface area contributed by atoms with Gasteiger partial charge in [-0.25, -0.2) is 4.98 Å². The monoisotopic (exact) mass is 378 g/mol. The normalized spacial score (nSPS) is 11.1. The van der Waals surface area contributed by atoms with E-state index in [0.29, 0.717) is 17.7 Å². The first-order chi connectivity index (χ1) is 12.9. The van der Waals surface area contributed by atoms with Gasteiger partial charge >= 0.3 is 6.18 Å². The van der Waals surface area contributed by atoms with E-state index in [0.717, 1.165) is 25.5 Å². The zero-order valence-electron chi connectivity index (χ0n) is 15.3. The molecule has 1 aromatic heterocycles. The molecule has 0 saturated carbocycles. The second-order valence-corrected chi connectivity index (χ2v) is 5.98. The average Bonchev–Trinajstić information content (AvgIpc) is 2.66. The van der Waals surface area contributed by atoms with Crippen molar-refractivity contribution in [1.29, 1.82) is 5.26 Å². The summed E-state index contributed by atoms with van der Waals surface area (Å²) in [6.07, 6.45) is -0.342. The molecule has 5 nitrogen and oxygen atoms in total. The third-order valence-corrected chi connectivity index (χ3v) is 3.97. The minimum atomic E-state index is -4.61. The number of ether oxygens (including phenoxy) is 1. The fraction of sp³-hybridized carbons (Fsp3) is 0.421.